The van der Waals surface area contributed by atoms with Gasteiger partial charge in [-0.3, -0.25) is 4.79 Å². The maximum atomic E-state index is 13.6. The molecule has 0 unspecified atom stereocenters. The smallest absolute Gasteiger partial charge is 0.419 e. The molecule has 7 nitrogen and oxygen atoms in total. The average molecular weight is 540 g/mol. The van der Waals surface area contributed by atoms with Crippen LogP contribution in [-0.2, 0) is 9.47 Å². The monoisotopic (exact) mass is 540 g/mol. The van der Waals surface area contributed by atoms with Gasteiger partial charge in [-0.1, -0.05) is 24.3 Å². The quantitative estimate of drug-likeness (QED) is 0.352. The van der Waals surface area contributed by atoms with Gasteiger partial charge >= 0.3 is 12.2 Å². The largest absolute Gasteiger partial charge is 0.443 e. The Morgan fingerprint density at radius 2 is 1.65 bits per heavy atom. The molecule has 2 rings (SSSR count). The molecule has 1 aromatic carbocycles. The molecule has 0 aliphatic rings. The van der Waals surface area contributed by atoms with Crippen molar-refractivity contribution in [1.29, 1.82) is 0 Å². The van der Waals surface area contributed by atoms with Crippen LogP contribution in [0.3, 0.4) is 0 Å². The Morgan fingerprint density at radius 1 is 1.06 bits per heavy atom. The van der Waals surface area contributed by atoms with E-state index in [4.69, 9.17) is 9.47 Å². The lowest BCUT2D eigenvalue weighted by Crippen LogP contribution is -2.43. The molecule has 0 saturated heterocycles. The Balaban J connectivity index is 2.65. The third-order valence-corrected chi connectivity index (χ3v) is 5.10. The van der Waals surface area contributed by atoms with Crippen molar-refractivity contribution in [2.75, 3.05) is 6.54 Å². The van der Waals surface area contributed by atoms with E-state index in [0.717, 1.165) is 4.90 Å². The van der Waals surface area contributed by atoms with E-state index in [2.05, 4.69) is 6.58 Å². The standard InChI is InChI=1S/C23H29IN2O5/c1-8-9-14-25(20(28)30-22(2,3)4)19(27)18-17(24)15-12-10-11-13-16(15)26(18)21(29)31-23(5,6)7/h8,10-13H,1,9,14H2,2-7H3. The summed E-state index contributed by atoms with van der Waals surface area (Å²) in [4.78, 5) is 40.5. The van der Waals surface area contributed by atoms with E-state index < -0.39 is 29.3 Å². The molecule has 2 amide bonds. The van der Waals surface area contributed by atoms with E-state index in [-0.39, 0.29) is 12.2 Å². The lowest BCUT2D eigenvalue weighted by molar-refractivity contribution is 0.0234. The summed E-state index contributed by atoms with van der Waals surface area (Å²) in [5.41, 5.74) is -0.959. The Kier molecular flexibility index (Phi) is 7.57. The van der Waals surface area contributed by atoms with Crippen LogP contribution in [0.4, 0.5) is 9.59 Å². The van der Waals surface area contributed by atoms with E-state index in [1.54, 1.807) is 59.8 Å². The number of imide groups is 1. The number of fused-ring (bicyclic) bond motifs is 1. The SMILES string of the molecule is C=CCCN(C(=O)OC(C)(C)C)C(=O)c1c(I)c2ccccc2n1C(=O)OC(C)(C)C. The van der Waals surface area contributed by atoms with Gasteiger partial charge in [0.15, 0.2) is 0 Å². The number of amides is 2. The number of aromatic nitrogens is 1. The molecule has 31 heavy (non-hydrogen) atoms. The van der Waals surface area contributed by atoms with Gasteiger partial charge in [0.2, 0.25) is 0 Å². The molecule has 0 spiro atoms. The van der Waals surface area contributed by atoms with Gasteiger partial charge < -0.3 is 9.47 Å². The number of para-hydroxylation sites is 1. The number of halogens is 1. The van der Waals surface area contributed by atoms with Gasteiger partial charge in [-0.2, -0.15) is 0 Å². The Bertz CT molecular complexity index is 1010. The molecule has 0 radical (unpaired) electrons. The predicted molar refractivity (Wildman–Crippen MR) is 128 cm³/mol. The van der Waals surface area contributed by atoms with Crippen molar-refractivity contribution in [3.8, 4) is 0 Å². The fourth-order valence-corrected chi connectivity index (χ4v) is 3.76. The molecule has 2 aromatic rings. The third-order valence-electron chi connectivity index (χ3n) is 4.01. The van der Waals surface area contributed by atoms with Crippen LogP contribution in [-0.4, -0.2) is 45.3 Å². The van der Waals surface area contributed by atoms with Crippen LogP contribution in [0.2, 0.25) is 0 Å². The maximum absolute atomic E-state index is 13.6. The number of benzene rings is 1. The van der Waals surface area contributed by atoms with Crippen LogP contribution >= 0.6 is 22.6 Å². The second-order valence-electron chi connectivity index (χ2n) is 9.01. The fourth-order valence-electron chi connectivity index (χ4n) is 2.83. The zero-order valence-corrected chi connectivity index (χ0v) is 21.0. The minimum atomic E-state index is -0.783. The zero-order valence-electron chi connectivity index (χ0n) is 18.8. The van der Waals surface area contributed by atoms with Gasteiger partial charge in [0.25, 0.3) is 5.91 Å². The topological polar surface area (TPSA) is 77.8 Å². The normalized spacial score (nSPS) is 11.8. The number of carbonyl (C=O) groups excluding carboxylic acids is 3. The minimum absolute atomic E-state index is 0.0611. The first kappa shape index (κ1) is 24.9. The molecule has 0 bridgehead atoms. The molecule has 1 heterocycles. The highest BCUT2D eigenvalue weighted by atomic mass is 127. The van der Waals surface area contributed by atoms with E-state index in [1.165, 1.54) is 4.57 Å². The summed E-state index contributed by atoms with van der Waals surface area (Å²) in [6.45, 7) is 14.2. The molecule has 0 aliphatic carbocycles. The van der Waals surface area contributed by atoms with Crippen molar-refractivity contribution in [1.82, 2.24) is 9.47 Å². The Labute approximate surface area is 196 Å². The van der Waals surface area contributed by atoms with Crippen molar-refractivity contribution in [2.45, 2.75) is 59.2 Å². The van der Waals surface area contributed by atoms with E-state index in [9.17, 15) is 14.4 Å². The van der Waals surface area contributed by atoms with Crippen LogP contribution in [0, 0.1) is 3.57 Å². The summed E-state index contributed by atoms with van der Waals surface area (Å²) < 4.78 is 12.8. The first-order valence-electron chi connectivity index (χ1n) is 9.95. The highest BCUT2D eigenvalue weighted by Crippen LogP contribution is 2.30. The van der Waals surface area contributed by atoms with Crippen LogP contribution in [0.25, 0.3) is 10.9 Å². The molecule has 1 aromatic heterocycles. The predicted octanol–water partition coefficient (Wildman–Crippen LogP) is 5.98. The van der Waals surface area contributed by atoms with Gasteiger partial charge in [0.05, 0.1) is 9.09 Å². The Morgan fingerprint density at radius 3 is 2.19 bits per heavy atom. The van der Waals surface area contributed by atoms with E-state index >= 15 is 0 Å². The molecule has 8 heteroatoms. The number of nitrogens with zero attached hydrogens (tertiary/aromatic N) is 2. The summed E-state index contributed by atoms with van der Waals surface area (Å²) in [5, 5.41) is 0.713. The number of rotatable bonds is 4. The molecule has 0 saturated carbocycles. The van der Waals surface area contributed by atoms with E-state index in [0.29, 0.717) is 20.9 Å². The third kappa shape index (κ3) is 6.09. The van der Waals surface area contributed by atoms with Crippen molar-refractivity contribution in [3.05, 3.63) is 46.2 Å². The highest BCUT2D eigenvalue weighted by Gasteiger charge is 2.34. The van der Waals surface area contributed by atoms with Crippen LogP contribution < -0.4 is 0 Å². The molecule has 0 aliphatic heterocycles. The maximum Gasteiger partial charge on any atom is 0.419 e. The lowest BCUT2D eigenvalue weighted by atomic mass is 10.2. The summed E-state index contributed by atoms with van der Waals surface area (Å²) >= 11 is 2.02. The van der Waals surface area contributed by atoms with Crippen molar-refractivity contribution in [2.24, 2.45) is 0 Å². The summed E-state index contributed by atoms with van der Waals surface area (Å²) in [6.07, 6.45) is 0.520. The molecule has 0 N–H and O–H groups in total. The first-order valence-corrected chi connectivity index (χ1v) is 11.0. The summed E-state index contributed by atoms with van der Waals surface area (Å²) in [6, 6.07) is 7.15. The minimum Gasteiger partial charge on any atom is -0.443 e. The number of carbonyl (C=O) groups is 3. The van der Waals surface area contributed by atoms with Crippen LogP contribution in [0.15, 0.2) is 36.9 Å². The fraction of sp³-hybridized carbons (Fsp3) is 0.435. The van der Waals surface area contributed by atoms with Crippen LogP contribution in [0.1, 0.15) is 58.5 Å². The first-order chi connectivity index (χ1) is 14.3. The van der Waals surface area contributed by atoms with Gasteiger partial charge in [0, 0.05) is 11.9 Å². The summed E-state index contributed by atoms with van der Waals surface area (Å²) in [5.74, 6) is -0.637. The number of ether oxygens (including phenoxy) is 2. The van der Waals surface area contributed by atoms with Crippen molar-refractivity contribution < 1.29 is 23.9 Å². The van der Waals surface area contributed by atoms with Gasteiger partial charge in [-0.25, -0.2) is 19.1 Å². The van der Waals surface area contributed by atoms with Gasteiger partial charge in [0.1, 0.15) is 16.9 Å². The molecular weight excluding hydrogens is 511 g/mol. The number of hydrogen-bond donors (Lipinski definition) is 0. The zero-order chi connectivity index (χ0) is 23.6. The molecule has 0 atom stereocenters. The van der Waals surface area contributed by atoms with Crippen molar-refractivity contribution >= 4 is 51.6 Å². The lowest BCUT2D eigenvalue weighted by Gasteiger charge is -2.26. The highest BCUT2D eigenvalue weighted by molar-refractivity contribution is 14.1. The second kappa shape index (κ2) is 9.42. The van der Waals surface area contributed by atoms with Crippen LogP contribution in [0.5, 0.6) is 0 Å². The van der Waals surface area contributed by atoms with E-state index in [1.807, 2.05) is 34.7 Å². The summed E-state index contributed by atoms with van der Waals surface area (Å²) in [7, 11) is 0. The molecule has 0 fully saturated rings. The Hall–Kier alpha value is -2.36. The van der Waals surface area contributed by atoms with Crippen molar-refractivity contribution in [3.63, 3.8) is 0 Å². The number of hydrogen-bond acceptors (Lipinski definition) is 5. The molecular formula is C23H29IN2O5. The average Bonchev–Trinajstić information content (AvgIpc) is 2.92. The second-order valence-corrected chi connectivity index (χ2v) is 10.1. The van der Waals surface area contributed by atoms with Gasteiger partial charge in [-0.05, 0) is 76.6 Å². The molecule has 168 valence electrons. The van der Waals surface area contributed by atoms with Gasteiger partial charge in [-0.15, -0.1) is 6.58 Å².